The molecule has 0 amide bonds. The van der Waals surface area contributed by atoms with Crippen molar-refractivity contribution < 1.29 is 0 Å². The summed E-state index contributed by atoms with van der Waals surface area (Å²) in [4.78, 5) is 12.8. The van der Waals surface area contributed by atoms with Gasteiger partial charge < -0.3 is 9.88 Å². The molecule has 0 saturated carbocycles. The van der Waals surface area contributed by atoms with Crippen LogP contribution in [0.15, 0.2) is 10.9 Å². The van der Waals surface area contributed by atoms with E-state index in [-0.39, 0.29) is 11.6 Å². The minimum atomic E-state index is 0.0145. The summed E-state index contributed by atoms with van der Waals surface area (Å²) in [5.41, 5.74) is 2.61. The molecule has 0 saturated heterocycles. The normalized spacial score (nSPS) is 11.1. The van der Waals surface area contributed by atoms with E-state index in [4.69, 9.17) is 0 Å². The van der Waals surface area contributed by atoms with Gasteiger partial charge in [-0.05, 0) is 45.7 Å². The first-order chi connectivity index (χ1) is 9.95. The average molecular weight is 306 g/mol. The lowest BCUT2D eigenvalue weighted by atomic mass is 10.1. The van der Waals surface area contributed by atoms with E-state index in [0.29, 0.717) is 10.6 Å². The van der Waals surface area contributed by atoms with E-state index in [0.717, 1.165) is 29.4 Å². The Morgan fingerprint density at radius 1 is 1.33 bits per heavy atom. The first kappa shape index (κ1) is 15.7. The molecule has 0 radical (unpaired) electrons. The molecule has 0 bridgehead atoms. The van der Waals surface area contributed by atoms with Crippen molar-refractivity contribution in [3.05, 3.63) is 27.7 Å². The summed E-state index contributed by atoms with van der Waals surface area (Å²) < 4.78 is 1.81. The molecule has 0 aromatic carbocycles. The minimum absolute atomic E-state index is 0.0145. The maximum atomic E-state index is 12.8. The molecule has 114 valence electrons. The van der Waals surface area contributed by atoms with Crippen molar-refractivity contribution >= 4 is 16.5 Å². The Balaban J connectivity index is 2.51. The summed E-state index contributed by atoms with van der Waals surface area (Å²) in [6.45, 7) is 10.9. The Morgan fingerprint density at radius 3 is 2.67 bits per heavy atom. The highest BCUT2D eigenvalue weighted by molar-refractivity contribution is 7.18. The predicted octanol–water partition coefficient (Wildman–Crippen LogP) is 3.39. The van der Waals surface area contributed by atoms with Crippen LogP contribution in [0.25, 0.3) is 10.6 Å². The Bertz CT molecular complexity index is 687. The van der Waals surface area contributed by atoms with E-state index in [2.05, 4.69) is 22.4 Å². The molecule has 0 aliphatic heterocycles. The van der Waals surface area contributed by atoms with E-state index in [1.54, 1.807) is 0 Å². The SMILES string of the molecule is CCCNc1nnc(-c2c(C)cc(C)n(C(C)C)c2=O)s1. The fourth-order valence-electron chi connectivity index (χ4n) is 2.43. The van der Waals surface area contributed by atoms with Gasteiger partial charge in [-0.3, -0.25) is 4.79 Å². The molecule has 2 heterocycles. The Kier molecular flexibility index (Phi) is 4.77. The van der Waals surface area contributed by atoms with Gasteiger partial charge in [0.1, 0.15) is 0 Å². The van der Waals surface area contributed by atoms with E-state index in [9.17, 15) is 4.79 Å². The number of hydrogen-bond donors (Lipinski definition) is 1. The number of rotatable bonds is 5. The largest absolute Gasteiger partial charge is 0.360 e. The zero-order valence-corrected chi connectivity index (χ0v) is 14.0. The van der Waals surface area contributed by atoms with Crippen LogP contribution in [0, 0.1) is 13.8 Å². The lowest BCUT2D eigenvalue weighted by Crippen LogP contribution is -2.26. The predicted molar refractivity (Wildman–Crippen MR) is 88.2 cm³/mol. The molecule has 0 unspecified atom stereocenters. The highest BCUT2D eigenvalue weighted by atomic mass is 32.1. The van der Waals surface area contributed by atoms with Crippen LogP contribution in [0.2, 0.25) is 0 Å². The van der Waals surface area contributed by atoms with Crippen LogP contribution in [0.5, 0.6) is 0 Å². The highest BCUT2D eigenvalue weighted by Crippen LogP contribution is 2.27. The summed E-state index contributed by atoms with van der Waals surface area (Å²) in [6.07, 6.45) is 1.03. The monoisotopic (exact) mass is 306 g/mol. The lowest BCUT2D eigenvalue weighted by molar-refractivity contribution is 0.563. The maximum Gasteiger partial charge on any atom is 0.261 e. The van der Waals surface area contributed by atoms with Gasteiger partial charge in [-0.1, -0.05) is 18.3 Å². The zero-order valence-electron chi connectivity index (χ0n) is 13.2. The van der Waals surface area contributed by atoms with Crippen molar-refractivity contribution in [2.45, 2.75) is 47.1 Å². The summed E-state index contributed by atoms with van der Waals surface area (Å²) in [5.74, 6) is 0. The van der Waals surface area contributed by atoms with Crippen molar-refractivity contribution in [3.8, 4) is 10.6 Å². The van der Waals surface area contributed by atoms with Gasteiger partial charge >= 0.3 is 0 Å². The lowest BCUT2D eigenvalue weighted by Gasteiger charge is -2.16. The van der Waals surface area contributed by atoms with Crippen LogP contribution in [-0.2, 0) is 0 Å². The van der Waals surface area contributed by atoms with Crippen molar-refractivity contribution in [1.82, 2.24) is 14.8 Å². The van der Waals surface area contributed by atoms with Crippen LogP contribution in [-0.4, -0.2) is 21.3 Å². The van der Waals surface area contributed by atoms with Crippen LogP contribution in [0.4, 0.5) is 5.13 Å². The number of aromatic nitrogens is 3. The van der Waals surface area contributed by atoms with Gasteiger partial charge in [0.25, 0.3) is 5.56 Å². The second kappa shape index (κ2) is 6.39. The number of pyridine rings is 1. The number of anilines is 1. The number of aryl methyl sites for hydroxylation is 2. The highest BCUT2D eigenvalue weighted by Gasteiger charge is 2.17. The molecule has 5 nitrogen and oxygen atoms in total. The van der Waals surface area contributed by atoms with Gasteiger partial charge in [0.2, 0.25) is 5.13 Å². The van der Waals surface area contributed by atoms with Gasteiger partial charge in [-0.15, -0.1) is 10.2 Å². The minimum Gasteiger partial charge on any atom is -0.360 e. The zero-order chi connectivity index (χ0) is 15.6. The summed E-state index contributed by atoms with van der Waals surface area (Å²) in [7, 11) is 0. The molecule has 1 N–H and O–H groups in total. The molecule has 2 rings (SSSR count). The molecular weight excluding hydrogens is 284 g/mol. The summed E-state index contributed by atoms with van der Waals surface area (Å²) in [6, 6.07) is 2.17. The van der Waals surface area contributed by atoms with Crippen molar-refractivity contribution in [1.29, 1.82) is 0 Å². The van der Waals surface area contributed by atoms with Crippen molar-refractivity contribution in [2.24, 2.45) is 0 Å². The Morgan fingerprint density at radius 2 is 2.05 bits per heavy atom. The van der Waals surface area contributed by atoms with Crippen molar-refractivity contribution in [3.63, 3.8) is 0 Å². The maximum absolute atomic E-state index is 12.8. The number of hydrogen-bond acceptors (Lipinski definition) is 5. The van der Waals surface area contributed by atoms with Gasteiger partial charge in [0.15, 0.2) is 5.01 Å². The molecular formula is C15H22N4OS. The third-order valence-corrected chi connectivity index (χ3v) is 4.21. The van der Waals surface area contributed by atoms with E-state index in [1.807, 2.05) is 38.3 Å². The smallest absolute Gasteiger partial charge is 0.261 e. The fraction of sp³-hybridized carbons (Fsp3) is 0.533. The molecule has 21 heavy (non-hydrogen) atoms. The van der Waals surface area contributed by atoms with Gasteiger partial charge in [-0.25, -0.2) is 0 Å². The molecule has 2 aromatic rings. The third-order valence-electron chi connectivity index (χ3n) is 3.31. The van der Waals surface area contributed by atoms with Crippen LogP contribution >= 0.6 is 11.3 Å². The summed E-state index contributed by atoms with van der Waals surface area (Å²) in [5, 5.41) is 13.0. The Hall–Kier alpha value is -1.69. The standard InChI is InChI=1S/C15H22N4OS/c1-6-7-16-15-18-17-13(21-15)12-10(4)8-11(5)19(9(2)3)14(12)20/h8-9H,6-7H2,1-5H3,(H,16,18). The van der Waals surface area contributed by atoms with Gasteiger partial charge in [-0.2, -0.15) is 0 Å². The molecule has 0 aliphatic carbocycles. The van der Waals surface area contributed by atoms with Gasteiger partial charge in [0.05, 0.1) is 5.56 Å². The summed E-state index contributed by atoms with van der Waals surface area (Å²) >= 11 is 1.43. The molecule has 0 spiro atoms. The van der Waals surface area contributed by atoms with E-state index in [1.165, 1.54) is 11.3 Å². The average Bonchev–Trinajstić information content (AvgIpc) is 2.83. The number of nitrogens with one attached hydrogen (secondary N) is 1. The van der Waals surface area contributed by atoms with Crippen molar-refractivity contribution in [2.75, 3.05) is 11.9 Å². The number of nitrogens with zero attached hydrogens (tertiary/aromatic N) is 3. The quantitative estimate of drug-likeness (QED) is 0.920. The van der Waals surface area contributed by atoms with E-state index < -0.39 is 0 Å². The molecule has 0 aliphatic rings. The Labute approximate surface area is 129 Å². The van der Waals surface area contributed by atoms with E-state index >= 15 is 0 Å². The van der Waals surface area contributed by atoms with Crippen LogP contribution in [0.3, 0.4) is 0 Å². The molecule has 2 aromatic heterocycles. The molecule has 0 atom stereocenters. The first-order valence-corrected chi connectivity index (χ1v) is 8.07. The topological polar surface area (TPSA) is 59.8 Å². The second-order valence-corrected chi connectivity index (χ2v) is 6.43. The van der Waals surface area contributed by atoms with Crippen LogP contribution < -0.4 is 10.9 Å². The molecule has 6 heteroatoms. The van der Waals surface area contributed by atoms with Gasteiger partial charge in [0, 0.05) is 18.3 Å². The molecule has 0 fully saturated rings. The fourth-order valence-corrected chi connectivity index (χ4v) is 3.30. The third kappa shape index (κ3) is 3.15. The second-order valence-electron chi connectivity index (χ2n) is 5.45. The first-order valence-electron chi connectivity index (χ1n) is 7.26. The van der Waals surface area contributed by atoms with Crippen LogP contribution in [0.1, 0.15) is 44.5 Å².